The van der Waals surface area contributed by atoms with Crippen molar-refractivity contribution in [3.05, 3.63) is 59.9 Å². The van der Waals surface area contributed by atoms with Gasteiger partial charge in [-0.15, -0.1) is 0 Å². The zero-order valence-corrected chi connectivity index (χ0v) is 10.4. The standard InChI is InChI=1S/C14H9N5O/c15-8-11-3-1-10(2-4-11)7-13-18-14(19-20-13)12-5-6-16-9-17-12/h1-6,9H,7H2. The molecule has 0 spiro atoms. The molecule has 0 amide bonds. The highest BCUT2D eigenvalue weighted by atomic mass is 16.5. The van der Waals surface area contributed by atoms with Gasteiger partial charge in [0.2, 0.25) is 11.7 Å². The molecule has 6 heteroatoms. The lowest BCUT2D eigenvalue weighted by atomic mass is 10.1. The van der Waals surface area contributed by atoms with Crippen LogP contribution in [0.5, 0.6) is 0 Å². The van der Waals surface area contributed by atoms with Crippen molar-refractivity contribution in [3.8, 4) is 17.6 Å². The van der Waals surface area contributed by atoms with Crippen molar-refractivity contribution in [3.63, 3.8) is 0 Å². The number of nitrogens with zero attached hydrogens (tertiary/aromatic N) is 5. The predicted octanol–water partition coefficient (Wildman–Crippen LogP) is 1.99. The van der Waals surface area contributed by atoms with E-state index in [1.165, 1.54) is 6.33 Å². The van der Waals surface area contributed by atoms with Gasteiger partial charge < -0.3 is 4.52 Å². The molecule has 20 heavy (non-hydrogen) atoms. The molecule has 1 aromatic carbocycles. The summed E-state index contributed by atoms with van der Waals surface area (Å²) in [4.78, 5) is 12.2. The molecule has 2 aromatic heterocycles. The van der Waals surface area contributed by atoms with Crippen molar-refractivity contribution >= 4 is 0 Å². The van der Waals surface area contributed by atoms with Gasteiger partial charge in [-0.1, -0.05) is 17.3 Å². The Labute approximate surface area is 114 Å². The van der Waals surface area contributed by atoms with Gasteiger partial charge >= 0.3 is 0 Å². The fraction of sp³-hybridized carbons (Fsp3) is 0.0714. The molecule has 3 rings (SSSR count). The zero-order valence-electron chi connectivity index (χ0n) is 10.4. The van der Waals surface area contributed by atoms with E-state index in [0.717, 1.165) is 5.56 Å². The summed E-state index contributed by atoms with van der Waals surface area (Å²) < 4.78 is 5.19. The minimum atomic E-state index is 0.441. The first-order valence-corrected chi connectivity index (χ1v) is 5.93. The van der Waals surface area contributed by atoms with Crippen molar-refractivity contribution in [2.45, 2.75) is 6.42 Å². The van der Waals surface area contributed by atoms with Crippen LogP contribution in [0.4, 0.5) is 0 Å². The third kappa shape index (κ3) is 2.52. The molecule has 0 unspecified atom stereocenters. The summed E-state index contributed by atoms with van der Waals surface area (Å²) in [5.41, 5.74) is 2.25. The minimum Gasteiger partial charge on any atom is -0.339 e. The Bertz CT molecular complexity index is 743. The van der Waals surface area contributed by atoms with Crippen LogP contribution in [0.1, 0.15) is 17.0 Å². The Morgan fingerprint density at radius 3 is 2.70 bits per heavy atom. The van der Waals surface area contributed by atoms with Gasteiger partial charge in [-0.25, -0.2) is 9.97 Å². The fourth-order valence-electron chi connectivity index (χ4n) is 1.73. The highest BCUT2D eigenvalue weighted by molar-refractivity contribution is 5.46. The van der Waals surface area contributed by atoms with Gasteiger partial charge in [0, 0.05) is 6.20 Å². The van der Waals surface area contributed by atoms with Gasteiger partial charge in [-0.2, -0.15) is 10.2 Å². The quantitative estimate of drug-likeness (QED) is 0.718. The lowest BCUT2D eigenvalue weighted by Gasteiger charge is -1.95. The second-order valence-corrected chi connectivity index (χ2v) is 4.09. The van der Waals surface area contributed by atoms with Crippen LogP contribution < -0.4 is 0 Å². The van der Waals surface area contributed by atoms with Crippen molar-refractivity contribution in [1.82, 2.24) is 20.1 Å². The van der Waals surface area contributed by atoms with Crippen LogP contribution in [0.3, 0.4) is 0 Å². The Balaban J connectivity index is 1.79. The molecule has 0 atom stereocenters. The van der Waals surface area contributed by atoms with Crippen LogP contribution in [-0.4, -0.2) is 20.1 Å². The van der Waals surface area contributed by atoms with E-state index in [4.69, 9.17) is 9.78 Å². The smallest absolute Gasteiger partial charge is 0.231 e. The Morgan fingerprint density at radius 2 is 2.00 bits per heavy atom. The topological polar surface area (TPSA) is 88.5 Å². The van der Waals surface area contributed by atoms with E-state index in [2.05, 4.69) is 26.2 Å². The maximum Gasteiger partial charge on any atom is 0.231 e. The van der Waals surface area contributed by atoms with Gasteiger partial charge in [0.05, 0.1) is 18.1 Å². The number of benzene rings is 1. The number of hydrogen-bond donors (Lipinski definition) is 0. The first kappa shape index (κ1) is 12.0. The number of nitriles is 1. The van der Waals surface area contributed by atoms with E-state index < -0.39 is 0 Å². The molecule has 2 heterocycles. The number of hydrogen-bond acceptors (Lipinski definition) is 6. The highest BCUT2D eigenvalue weighted by Crippen LogP contribution is 2.14. The van der Waals surface area contributed by atoms with E-state index in [9.17, 15) is 0 Å². The molecule has 0 N–H and O–H groups in total. The summed E-state index contributed by atoms with van der Waals surface area (Å²) in [5.74, 6) is 0.944. The normalized spacial score (nSPS) is 10.2. The van der Waals surface area contributed by atoms with Crippen molar-refractivity contribution in [2.24, 2.45) is 0 Å². The van der Waals surface area contributed by atoms with E-state index in [1.54, 1.807) is 24.4 Å². The SMILES string of the molecule is N#Cc1ccc(Cc2nc(-c3ccncn3)no2)cc1. The zero-order chi connectivity index (χ0) is 13.8. The average Bonchev–Trinajstić information content (AvgIpc) is 2.97. The summed E-state index contributed by atoms with van der Waals surface area (Å²) in [6.07, 6.45) is 3.58. The minimum absolute atomic E-state index is 0.441. The van der Waals surface area contributed by atoms with Crippen molar-refractivity contribution in [2.75, 3.05) is 0 Å². The molecule has 0 saturated carbocycles. The second-order valence-electron chi connectivity index (χ2n) is 4.09. The molecule has 0 bridgehead atoms. The Hall–Kier alpha value is -3.07. The van der Waals surface area contributed by atoms with E-state index in [0.29, 0.717) is 29.4 Å². The maximum absolute atomic E-state index is 8.74. The highest BCUT2D eigenvalue weighted by Gasteiger charge is 2.10. The van der Waals surface area contributed by atoms with Crippen LogP contribution in [0, 0.1) is 11.3 Å². The van der Waals surface area contributed by atoms with Crippen LogP contribution >= 0.6 is 0 Å². The molecule has 3 aromatic rings. The molecule has 6 nitrogen and oxygen atoms in total. The van der Waals surface area contributed by atoms with E-state index in [-0.39, 0.29) is 0 Å². The summed E-state index contributed by atoms with van der Waals surface area (Å²) in [6, 6.07) is 11.1. The van der Waals surface area contributed by atoms with Gasteiger partial charge in [0.25, 0.3) is 0 Å². The number of rotatable bonds is 3. The largest absolute Gasteiger partial charge is 0.339 e. The first-order valence-electron chi connectivity index (χ1n) is 5.93. The van der Waals surface area contributed by atoms with Crippen LogP contribution in [-0.2, 0) is 6.42 Å². The third-order valence-electron chi connectivity index (χ3n) is 2.72. The van der Waals surface area contributed by atoms with Gasteiger partial charge in [-0.05, 0) is 23.8 Å². The molecule has 0 saturated heterocycles. The van der Waals surface area contributed by atoms with Crippen LogP contribution in [0.2, 0.25) is 0 Å². The molecule has 0 aliphatic rings. The Kier molecular flexibility index (Phi) is 3.17. The molecule has 0 aliphatic heterocycles. The molecular formula is C14H9N5O. The summed E-state index contributed by atoms with van der Waals surface area (Å²) in [5, 5.41) is 12.6. The molecule has 0 fully saturated rings. The van der Waals surface area contributed by atoms with Crippen LogP contribution in [0.15, 0.2) is 47.4 Å². The second kappa shape index (κ2) is 5.28. The maximum atomic E-state index is 8.74. The summed E-state index contributed by atoms with van der Waals surface area (Å²) in [7, 11) is 0. The molecule has 0 radical (unpaired) electrons. The van der Waals surface area contributed by atoms with E-state index in [1.807, 2.05) is 12.1 Å². The van der Waals surface area contributed by atoms with Crippen LogP contribution in [0.25, 0.3) is 11.5 Å². The van der Waals surface area contributed by atoms with Gasteiger partial charge in [-0.3, -0.25) is 0 Å². The molecule has 0 aliphatic carbocycles. The first-order chi connectivity index (χ1) is 9.85. The van der Waals surface area contributed by atoms with Crippen molar-refractivity contribution in [1.29, 1.82) is 5.26 Å². The lowest BCUT2D eigenvalue weighted by Crippen LogP contribution is -1.90. The lowest BCUT2D eigenvalue weighted by molar-refractivity contribution is 0.385. The average molecular weight is 263 g/mol. The fourth-order valence-corrected chi connectivity index (χ4v) is 1.73. The third-order valence-corrected chi connectivity index (χ3v) is 2.72. The number of aromatic nitrogens is 4. The van der Waals surface area contributed by atoms with Gasteiger partial charge in [0.15, 0.2) is 0 Å². The van der Waals surface area contributed by atoms with Gasteiger partial charge in [0.1, 0.15) is 12.0 Å². The molecule has 96 valence electrons. The van der Waals surface area contributed by atoms with E-state index >= 15 is 0 Å². The monoisotopic (exact) mass is 263 g/mol. The summed E-state index contributed by atoms with van der Waals surface area (Å²) in [6.45, 7) is 0. The summed E-state index contributed by atoms with van der Waals surface area (Å²) >= 11 is 0. The predicted molar refractivity (Wildman–Crippen MR) is 69.3 cm³/mol. The molecular weight excluding hydrogens is 254 g/mol. The van der Waals surface area contributed by atoms with Crippen molar-refractivity contribution < 1.29 is 4.52 Å². The Morgan fingerprint density at radius 1 is 1.15 bits per heavy atom.